The molecular formula is C42H26. The summed E-state index contributed by atoms with van der Waals surface area (Å²) in [6, 6.07) is 57.9. The maximum absolute atomic E-state index is 2.32. The Balaban J connectivity index is 1.76. The maximum atomic E-state index is 2.32. The van der Waals surface area contributed by atoms with E-state index in [1.165, 1.54) is 86.9 Å². The molecule has 0 aliphatic rings. The van der Waals surface area contributed by atoms with Crippen molar-refractivity contribution in [2.24, 2.45) is 0 Å². The van der Waals surface area contributed by atoms with Gasteiger partial charge in [0.15, 0.2) is 0 Å². The first-order chi connectivity index (χ1) is 20.9. The molecule has 0 saturated carbocycles. The maximum Gasteiger partial charge on any atom is -0.000741 e. The lowest BCUT2D eigenvalue weighted by atomic mass is 9.79. The third kappa shape index (κ3) is 3.18. The van der Waals surface area contributed by atoms with Crippen molar-refractivity contribution in [3.63, 3.8) is 0 Å². The second kappa shape index (κ2) is 9.03. The first kappa shape index (κ1) is 23.3. The summed E-state index contributed by atoms with van der Waals surface area (Å²) in [5.74, 6) is 0. The molecule has 0 fully saturated rings. The van der Waals surface area contributed by atoms with Gasteiger partial charge in [-0.1, -0.05) is 158 Å². The molecule has 0 aliphatic carbocycles. The highest BCUT2D eigenvalue weighted by Crippen LogP contribution is 2.52. The summed E-state index contributed by atoms with van der Waals surface area (Å²) in [5.41, 5.74) is 5.11. The summed E-state index contributed by atoms with van der Waals surface area (Å²) in [5, 5.41) is 15.6. The highest BCUT2D eigenvalue weighted by Gasteiger charge is 2.24. The SMILES string of the molecule is c1ccc(-c2c3c4ccccc4c4ccccc4c3c(-c3ccccc3)c3c4ccccc4c4ccccc4c23)cc1. The zero-order chi connectivity index (χ0) is 27.6. The molecule has 0 amide bonds. The quantitative estimate of drug-likeness (QED) is 0.154. The number of hydrogen-bond donors (Lipinski definition) is 0. The molecule has 0 unspecified atom stereocenters. The summed E-state index contributed by atoms with van der Waals surface area (Å²) in [4.78, 5) is 0. The van der Waals surface area contributed by atoms with Gasteiger partial charge in [0.25, 0.3) is 0 Å². The van der Waals surface area contributed by atoms with Crippen LogP contribution in [0.25, 0.3) is 86.9 Å². The monoisotopic (exact) mass is 530 g/mol. The Morgan fingerprint density at radius 2 is 0.405 bits per heavy atom. The van der Waals surface area contributed by atoms with Gasteiger partial charge in [-0.2, -0.15) is 0 Å². The second-order valence-electron chi connectivity index (χ2n) is 11.2. The zero-order valence-electron chi connectivity index (χ0n) is 23.0. The molecular weight excluding hydrogens is 504 g/mol. The van der Waals surface area contributed by atoms with Crippen molar-refractivity contribution in [3.05, 3.63) is 158 Å². The average Bonchev–Trinajstić information content (AvgIpc) is 3.08. The molecule has 0 nitrogen and oxygen atoms in total. The van der Waals surface area contributed by atoms with E-state index >= 15 is 0 Å². The van der Waals surface area contributed by atoms with E-state index in [-0.39, 0.29) is 0 Å². The van der Waals surface area contributed by atoms with E-state index in [9.17, 15) is 0 Å². The van der Waals surface area contributed by atoms with E-state index in [1.54, 1.807) is 0 Å². The standard InChI is InChI=1S/C42H26/c1-3-15-27(16-4-1)37-39-33-23-11-7-19-29(33)31-21-9-13-25-35(31)41(39)38(28-17-5-2-6-18-28)42-36-26-14-10-22-32(36)30-20-8-12-24-34(30)40(37)42/h1-26H. The van der Waals surface area contributed by atoms with Gasteiger partial charge in [-0.05, 0) is 86.9 Å². The van der Waals surface area contributed by atoms with Crippen molar-refractivity contribution < 1.29 is 0 Å². The lowest BCUT2D eigenvalue weighted by molar-refractivity contribution is 1.67. The normalized spacial score (nSPS) is 11.8. The fourth-order valence-corrected chi connectivity index (χ4v) is 7.36. The Morgan fingerprint density at radius 3 is 0.667 bits per heavy atom. The molecule has 0 N–H and O–H groups in total. The van der Waals surface area contributed by atoms with Gasteiger partial charge in [-0.15, -0.1) is 0 Å². The molecule has 9 aromatic carbocycles. The van der Waals surface area contributed by atoms with E-state index in [0.29, 0.717) is 0 Å². The van der Waals surface area contributed by atoms with Gasteiger partial charge in [0.05, 0.1) is 0 Å². The topological polar surface area (TPSA) is 0 Å². The lowest BCUT2D eigenvalue weighted by Gasteiger charge is -2.24. The molecule has 0 aliphatic heterocycles. The van der Waals surface area contributed by atoms with Gasteiger partial charge >= 0.3 is 0 Å². The van der Waals surface area contributed by atoms with E-state index < -0.39 is 0 Å². The molecule has 0 radical (unpaired) electrons. The summed E-state index contributed by atoms with van der Waals surface area (Å²) in [6.45, 7) is 0. The first-order valence-electron chi connectivity index (χ1n) is 14.6. The van der Waals surface area contributed by atoms with Gasteiger partial charge in [0.2, 0.25) is 0 Å². The van der Waals surface area contributed by atoms with Crippen LogP contribution in [0, 0.1) is 0 Å². The third-order valence-corrected chi connectivity index (χ3v) is 8.99. The fourth-order valence-electron chi connectivity index (χ4n) is 7.36. The highest BCUT2D eigenvalue weighted by atomic mass is 14.3. The molecule has 0 aromatic heterocycles. The van der Waals surface area contributed by atoms with Crippen LogP contribution in [0.5, 0.6) is 0 Å². The molecule has 194 valence electrons. The van der Waals surface area contributed by atoms with Gasteiger partial charge in [-0.25, -0.2) is 0 Å². The van der Waals surface area contributed by atoms with Crippen molar-refractivity contribution >= 4 is 64.6 Å². The Labute approximate surface area is 244 Å². The summed E-state index contributed by atoms with van der Waals surface area (Å²) in [7, 11) is 0. The Hall–Kier alpha value is -5.46. The molecule has 42 heavy (non-hydrogen) atoms. The van der Waals surface area contributed by atoms with Crippen LogP contribution >= 0.6 is 0 Å². The molecule has 0 saturated heterocycles. The van der Waals surface area contributed by atoms with Gasteiger partial charge in [0, 0.05) is 0 Å². The Morgan fingerprint density at radius 1 is 0.190 bits per heavy atom. The predicted octanol–water partition coefficient (Wildman–Crippen LogP) is 11.9. The van der Waals surface area contributed by atoms with Gasteiger partial charge in [0.1, 0.15) is 0 Å². The van der Waals surface area contributed by atoms with Crippen molar-refractivity contribution in [2.45, 2.75) is 0 Å². The molecule has 9 rings (SSSR count). The molecule has 0 heteroatoms. The molecule has 0 spiro atoms. The van der Waals surface area contributed by atoms with Crippen LogP contribution in [0.2, 0.25) is 0 Å². The molecule has 9 aromatic rings. The third-order valence-electron chi connectivity index (χ3n) is 8.99. The Bertz CT molecular complexity index is 2170. The summed E-state index contributed by atoms with van der Waals surface area (Å²) in [6.07, 6.45) is 0. The molecule has 0 atom stereocenters. The Kier molecular flexibility index (Phi) is 5.00. The van der Waals surface area contributed by atoms with Crippen LogP contribution in [-0.4, -0.2) is 0 Å². The largest absolute Gasteiger partial charge is 0.0622 e. The van der Waals surface area contributed by atoms with Crippen LogP contribution < -0.4 is 0 Å². The van der Waals surface area contributed by atoms with E-state index in [4.69, 9.17) is 0 Å². The van der Waals surface area contributed by atoms with Crippen LogP contribution in [-0.2, 0) is 0 Å². The lowest BCUT2D eigenvalue weighted by Crippen LogP contribution is -1.96. The van der Waals surface area contributed by atoms with Crippen molar-refractivity contribution in [1.82, 2.24) is 0 Å². The number of fused-ring (bicyclic) bond motifs is 12. The summed E-state index contributed by atoms with van der Waals surface area (Å²) >= 11 is 0. The first-order valence-corrected chi connectivity index (χ1v) is 14.6. The molecule has 0 heterocycles. The van der Waals surface area contributed by atoms with E-state index in [0.717, 1.165) is 0 Å². The fraction of sp³-hybridized carbons (Fsp3) is 0. The minimum absolute atomic E-state index is 1.24. The van der Waals surface area contributed by atoms with Crippen molar-refractivity contribution in [2.75, 3.05) is 0 Å². The van der Waals surface area contributed by atoms with Crippen LogP contribution in [0.3, 0.4) is 0 Å². The van der Waals surface area contributed by atoms with Gasteiger partial charge in [-0.3, -0.25) is 0 Å². The second-order valence-corrected chi connectivity index (χ2v) is 11.2. The minimum Gasteiger partial charge on any atom is -0.0622 e. The van der Waals surface area contributed by atoms with Gasteiger partial charge < -0.3 is 0 Å². The average molecular weight is 531 g/mol. The smallest absolute Gasteiger partial charge is 0.000741 e. The number of rotatable bonds is 2. The minimum atomic E-state index is 1.24. The number of hydrogen-bond acceptors (Lipinski definition) is 0. The van der Waals surface area contributed by atoms with Crippen LogP contribution in [0.15, 0.2) is 158 Å². The zero-order valence-corrected chi connectivity index (χ0v) is 23.0. The van der Waals surface area contributed by atoms with Crippen LogP contribution in [0.4, 0.5) is 0 Å². The van der Waals surface area contributed by atoms with Crippen molar-refractivity contribution in [3.8, 4) is 22.3 Å². The molecule has 0 bridgehead atoms. The van der Waals surface area contributed by atoms with Crippen molar-refractivity contribution in [1.29, 1.82) is 0 Å². The number of benzene rings is 9. The highest BCUT2D eigenvalue weighted by molar-refractivity contribution is 6.42. The summed E-state index contributed by atoms with van der Waals surface area (Å²) < 4.78 is 0. The van der Waals surface area contributed by atoms with E-state index in [1.807, 2.05) is 0 Å². The predicted molar refractivity (Wildman–Crippen MR) is 182 cm³/mol. The van der Waals surface area contributed by atoms with E-state index in [2.05, 4.69) is 158 Å². The van der Waals surface area contributed by atoms with Crippen LogP contribution in [0.1, 0.15) is 0 Å².